The Morgan fingerprint density at radius 3 is 1.57 bits per heavy atom. The molecule has 8 aromatic heterocycles. The molecule has 2 saturated carbocycles. The van der Waals surface area contributed by atoms with Gasteiger partial charge < -0.3 is 15.1 Å². The summed E-state index contributed by atoms with van der Waals surface area (Å²) in [6.07, 6.45) is 20.2. The van der Waals surface area contributed by atoms with Crippen LogP contribution in [0.2, 0.25) is 0 Å². The molecule has 75 heavy (non-hydrogen) atoms. The summed E-state index contributed by atoms with van der Waals surface area (Å²) < 4.78 is 33.1. The highest BCUT2D eigenvalue weighted by molar-refractivity contribution is 9.09. The van der Waals surface area contributed by atoms with Gasteiger partial charge in [-0.15, -0.1) is 0 Å². The number of carbonyl (C=O) groups excluding carboxylic acids is 2. The standard InChI is InChI=1S/C28H30FN7O.C25H26FN7O.C3H5Br/c1-18(2)23-16-32-36-10-7-19(13-25(23)36)28-24(29)17-31-26(33-28)14-20-3-4-22(15-30-20)35-12-11-34(21-5-6-21)9-8-27(35)37;1-16(2)20-14-30-33-9-6-17(11-22(20)33)25-21(26)15-29-23(31-25)12-18-3-4-19(13-28-18)32-10-8-27-7-5-24(32)34;4-3-1-2-3/h3-4,7,10,13,15-18,21H,5-6,8-9,11-12,14H2,1-2H3;3-4,6,9,11,13-16,27H,5,7-8,10,12H2,1-2H3;3H,1-2H2. The number of aromatic nitrogens is 10. The van der Waals surface area contributed by atoms with Crippen molar-refractivity contribution in [3.8, 4) is 22.5 Å². The molecular weight excluding hydrogens is 1020 g/mol. The molecule has 0 radical (unpaired) electrons. The summed E-state index contributed by atoms with van der Waals surface area (Å²) in [5.41, 5.74) is 9.02. The van der Waals surface area contributed by atoms with Crippen LogP contribution in [0, 0.1) is 11.6 Å². The lowest BCUT2D eigenvalue weighted by molar-refractivity contribution is -0.119. The number of pyridine rings is 4. The Balaban J connectivity index is 0.000000159. The molecule has 12 rings (SSSR count). The Bertz CT molecular complexity index is 3300. The summed E-state index contributed by atoms with van der Waals surface area (Å²) in [5.74, 6) is 0.839. The molecule has 10 heterocycles. The summed E-state index contributed by atoms with van der Waals surface area (Å²) in [5, 5.41) is 12.0. The van der Waals surface area contributed by atoms with Crippen LogP contribution in [0.5, 0.6) is 0 Å². The third kappa shape index (κ3) is 12.4. The van der Waals surface area contributed by atoms with E-state index >= 15 is 0 Å². The van der Waals surface area contributed by atoms with Gasteiger partial charge in [-0.3, -0.25) is 24.5 Å². The molecule has 2 aliphatic carbocycles. The van der Waals surface area contributed by atoms with Crippen molar-refractivity contribution in [2.24, 2.45) is 0 Å². The fourth-order valence-electron chi connectivity index (χ4n) is 9.28. The second-order valence-electron chi connectivity index (χ2n) is 20.1. The van der Waals surface area contributed by atoms with Crippen molar-refractivity contribution < 1.29 is 18.4 Å². The van der Waals surface area contributed by atoms with E-state index in [1.165, 1.54) is 38.1 Å². The van der Waals surface area contributed by atoms with Gasteiger partial charge in [0.1, 0.15) is 23.0 Å². The number of carbonyl (C=O) groups is 2. The second kappa shape index (κ2) is 22.9. The predicted octanol–water partition coefficient (Wildman–Crippen LogP) is 9.15. The Morgan fingerprint density at radius 1 is 0.600 bits per heavy atom. The lowest BCUT2D eigenvalue weighted by Gasteiger charge is -2.21. The quantitative estimate of drug-likeness (QED) is 0.122. The summed E-state index contributed by atoms with van der Waals surface area (Å²) >= 11 is 3.38. The van der Waals surface area contributed by atoms with Gasteiger partial charge >= 0.3 is 0 Å². The van der Waals surface area contributed by atoms with Crippen LogP contribution in [0.15, 0.2) is 98.1 Å². The number of rotatable bonds is 11. The number of alkyl halides is 1. The monoisotopic (exact) mass is 1080 g/mol. The summed E-state index contributed by atoms with van der Waals surface area (Å²) in [6.45, 7) is 12.9. The molecule has 16 nitrogen and oxygen atoms in total. The number of hydrogen-bond donors (Lipinski definition) is 1. The predicted molar refractivity (Wildman–Crippen MR) is 288 cm³/mol. The number of halogens is 3. The van der Waals surface area contributed by atoms with Crippen LogP contribution in [0.4, 0.5) is 20.2 Å². The van der Waals surface area contributed by atoms with E-state index in [0.29, 0.717) is 86.0 Å². The van der Waals surface area contributed by atoms with E-state index in [1.807, 2.05) is 72.2 Å². The first kappa shape index (κ1) is 51.5. The second-order valence-corrected chi connectivity index (χ2v) is 21.4. The molecule has 4 aliphatic rings. The fourth-order valence-corrected chi connectivity index (χ4v) is 9.54. The lowest BCUT2D eigenvalue weighted by atomic mass is 10.0. The topological polar surface area (TPSA) is 168 Å². The van der Waals surface area contributed by atoms with Gasteiger partial charge in [0.05, 0.1) is 72.4 Å². The highest BCUT2D eigenvalue weighted by atomic mass is 79.9. The number of anilines is 2. The summed E-state index contributed by atoms with van der Waals surface area (Å²) in [7, 11) is 0. The molecule has 0 unspecified atom stereocenters. The number of amides is 2. The van der Waals surface area contributed by atoms with Gasteiger partial charge in [0.2, 0.25) is 11.8 Å². The molecule has 0 atom stereocenters. The van der Waals surface area contributed by atoms with E-state index in [-0.39, 0.29) is 23.2 Å². The molecule has 4 fully saturated rings. The van der Waals surface area contributed by atoms with Gasteiger partial charge in [-0.25, -0.2) is 37.7 Å². The van der Waals surface area contributed by atoms with Crippen LogP contribution in [-0.4, -0.2) is 116 Å². The van der Waals surface area contributed by atoms with Crippen LogP contribution in [0.25, 0.3) is 33.5 Å². The molecule has 2 saturated heterocycles. The minimum Gasteiger partial charge on any atom is -0.314 e. The molecule has 388 valence electrons. The van der Waals surface area contributed by atoms with Crippen molar-refractivity contribution in [2.75, 3.05) is 49.1 Å². The van der Waals surface area contributed by atoms with E-state index in [2.05, 4.69) is 93.9 Å². The molecule has 0 aromatic carbocycles. The zero-order valence-electron chi connectivity index (χ0n) is 42.7. The molecule has 2 amide bonds. The Labute approximate surface area is 443 Å². The van der Waals surface area contributed by atoms with Crippen LogP contribution in [0.3, 0.4) is 0 Å². The minimum absolute atomic E-state index is 0.0850. The van der Waals surface area contributed by atoms with Crippen LogP contribution >= 0.6 is 15.9 Å². The lowest BCUT2D eigenvalue weighted by Crippen LogP contribution is -2.34. The fraction of sp³-hybridized carbons (Fsp3) is 0.393. The number of nitrogens with one attached hydrogen (secondary N) is 1. The van der Waals surface area contributed by atoms with Crippen LogP contribution in [-0.2, 0) is 22.4 Å². The third-order valence-electron chi connectivity index (χ3n) is 13.8. The normalized spacial score (nSPS) is 16.5. The van der Waals surface area contributed by atoms with Crippen LogP contribution < -0.4 is 15.1 Å². The van der Waals surface area contributed by atoms with Gasteiger partial charge in [0, 0.05) is 109 Å². The van der Waals surface area contributed by atoms with Crippen molar-refractivity contribution in [3.63, 3.8) is 0 Å². The van der Waals surface area contributed by atoms with Crippen molar-refractivity contribution in [1.29, 1.82) is 0 Å². The van der Waals surface area contributed by atoms with Crippen molar-refractivity contribution in [2.45, 2.75) is 102 Å². The van der Waals surface area contributed by atoms with Crippen molar-refractivity contribution >= 4 is 50.2 Å². The minimum atomic E-state index is -0.477. The first-order valence-corrected chi connectivity index (χ1v) is 26.8. The molecule has 8 aromatic rings. The maximum atomic E-state index is 14.8. The first-order chi connectivity index (χ1) is 36.3. The van der Waals surface area contributed by atoms with Crippen molar-refractivity contribution in [3.05, 3.63) is 144 Å². The van der Waals surface area contributed by atoms with Gasteiger partial charge in [0.25, 0.3) is 0 Å². The summed E-state index contributed by atoms with van der Waals surface area (Å²) in [6, 6.07) is 15.7. The maximum Gasteiger partial charge on any atom is 0.228 e. The molecule has 19 heteroatoms. The van der Waals surface area contributed by atoms with Crippen LogP contribution in [0.1, 0.15) is 112 Å². The largest absolute Gasteiger partial charge is 0.314 e. The van der Waals surface area contributed by atoms with E-state index < -0.39 is 11.6 Å². The smallest absolute Gasteiger partial charge is 0.228 e. The number of hydrogen-bond acceptors (Lipinski definition) is 12. The zero-order chi connectivity index (χ0) is 52.2. The first-order valence-electron chi connectivity index (χ1n) is 25.9. The molecule has 2 aliphatic heterocycles. The third-order valence-corrected chi connectivity index (χ3v) is 14.7. The Hall–Kier alpha value is -6.96. The SMILES string of the molecule is BrC1CC1.CC(C)c1cnn2ccc(-c3nc(Cc4ccc(N5CCN(C6CC6)CCC5=O)cn4)ncc3F)cc12.CC(C)c1cnn2ccc(-c3nc(Cc4ccc(N5CCNCCC5=O)cn4)ncc3F)cc12. The van der Waals surface area contributed by atoms with E-state index in [9.17, 15) is 18.4 Å². The van der Waals surface area contributed by atoms with Gasteiger partial charge in [0.15, 0.2) is 11.6 Å². The highest BCUT2D eigenvalue weighted by Crippen LogP contribution is 2.31. The summed E-state index contributed by atoms with van der Waals surface area (Å²) in [4.78, 5) is 58.5. The van der Waals surface area contributed by atoms with E-state index in [0.717, 1.165) is 69.4 Å². The number of nitrogens with zero attached hydrogens (tertiary/aromatic N) is 13. The van der Waals surface area contributed by atoms with Crippen molar-refractivity contribution in [1.82, 2.24) is 59.3 Å². The van der Waals surface area contributed by atoms with Gasteiger partial charge in [-0.2, -0.15) is 10.2 Å². The molecule has 1 N–H and O–H groups in total. The average Bonchev–Trinajstić information content (AvgIpc) is 4.35. The zero-order valence-corrected chi connectivity index (χ0v) is 44.3. The highest BCUT2D eigenvalue weighted by Gasteiger charge is 2.32. The van der Waals surface area contributed by atoms with Gasteiger partial charge in [-0.1, -0.05) is 43.6 Å². The van der Waals surface area contributed by atoms with Gasteiger partial charge in [-0.05, 0) is 86.1 Å². The average molecular weight is 1080 g/mol. The number of fused-ring (bicyclic) bond motifs is 2. The maximum absolute atomic E-state index is 14.8. The van der Waals surface area contributed by atoms with E-state index in [1.54, 1.807) is 32.4 Å². The Kier molecular flexibility index (Phi) is 15.7. The molecule has 0 bridgehead atoms. The van der Waals surface area contributed by atoms with E-state index in [4.69, 9.17) is 0 Å². The molecular formula is C56H61BrF2N14O2. The molecule has 0 spiro atoms. The Morgan fingerprint density at radius 2 is 1.11 bits per heavy atom.